The molecule has 0 spiro atoms. The van der Waals surface area contributed by atoms with Crippen molar-refractivity contribution in [2.45, 2.75) is 38.8 Å². The number of carboxylic acids is 1. The zero-order chi connectivity index (χ0) is 19.3. The average Bonchev–Trinajstić information content (AvgIpc) is 2.58. The summed E-state index contributed by atoms with van der Waals surface area (Å²) in [6.07, 6.45) is -0.439. The number of benzene rings is 2. The molecule has 1 amide bonds. The number of rotatable bonds is 5. The number of carboxylic acid groups (broad SMARTS) is 1. The molecule has 2 aromatic carbocycles. The van der Waals surface area contributed by atoms with E-state index in [0.29, 0.717) is 0 Å². The summed E-state index contributed by atoms with van der Waals surface area (Å²) in [6.45, 7) is 5.24. The Hall–Kier alpha value is -2.82. The SMILES string of the molecule is CN(C(=O)OC(C)(C)C)C(Cc1ccc(-c2ccccc2)cc1)C(=O)O. The van der Waals surface area contributed by atoms with Crippen molar-refractivity contribution in [3.05, 3.63) is 60.2 Å². The zero-order valence-corrected chi connectivity index (χ0v) is 15.6. The average molecular weight is 355 g/mol. The first-order chi connectivity index (χ1) is 12.2. The molecule has 0 aliphatic rings. The van der Waals surface area contributed by atoms with Gasteiger partial charge in [-0.25, -0.2) is 9.59 Å². The molecule has 5 heteroatoms. The van der Waals surface area contributed by atoms with Gasteiger partial charge in [-0.2, -0.15) is 0 Å². The van der Waals surface area contributed by atoms with E-state index in [1.807, 2.05) is 54.6 Å². The molecule has 1 N–H and O–H groups in total. The number of carbonyl (C=O) groups is 2. The van der Waals surface area contributed by atoms with Crippen molar-refractivity contribution < 1.29 is 19.4 Å². The predicted molar refractivity (Wildman–Crippen MR) is 101 cm³/mol. The van der Waals surface area contributed by atoms with Gasteiger partial charge in [-0.05, 0) is 37.5 Å². The van der Waals surface area contributed by atoms with E-state index >= 15 is 0 Å². The van der Waals surface area contributed by atoms with Gasteiger partial charge in [0.05, 0.1) is 0 Å². The molecule has 1 unspecified atom stereocenters. The molecule has 0 saturated carbocycles. The van der Waals surface area contributed by atoms with Gasteiger partial charge in [-0.1, -0.05) is 54.6 Å². The molecular formula is C21H25NO4. The highest BCUT2D eigenvalue weighted by molar-refractivity contribution is 5.80. The largest absolute Gasteiger partial charge is 0.480 e. The smallest absolute Gasteiger partial charge is 0.410 e. The van der Waals surface area contributed by atoms with Gasteiger partial charge in [0.25, 0.3) is 0 Å². The van der Waals surface area contributed by atoms with Gasteiger partial charge in [-0.15, -0.1) is 0 Å². The first-order valence-corrected chi connectivity index (χ1v) is 8.50. The third-order valence-corrected chi connectivity index (χ3v) is 3.92. The summed E-state index contributed by atoms with van der Waals surface area (Å²) >= 11 is 0. The number of ether oxygens (including phenoxy) is 1. The Balaban J connectivity index is 2.12. The highest BCUT2D eigenvalue weighted by Gasteiger charge is 2.30. The minimum Gasteiger partial charge on any atom is -0.480 e. The van der Waals surface area contributed by atoms with Crippen LogP contribution in [0.3, 0.4) is 0 Å². The zero-order valence-electron chi connectivity index (χ0n) is 15.6. The third-order valence-electron chi connectivity index (χ3n) is 3.92. The molecule has 2 aromatic rings. The summed E-state index contributed by atoms with van der Waals surface area (Å²) in [7, 11) is 1.45. The summed E-state index contributed by atoms with van der Waals surface area (Å²) in [6, 6.07) is 16.6. The number of carbonyl (C=O) groups excluding carboxylic acids is 1. The number of amides is 1. The van der Waals surface area contributed by atoms with Gasteiger partial charge >= 0.3 is 12.1 Å². The number of nitrogens with zero attached hydrogens (tertiary/aromatic N) is 1. The van der Waals surface area contributed by atoms with E-state index in [4.69, 9.17) is 4.74 Å². The summed E-state index contributed by atoms with van der Waals surface area (Å²) in [5.41, 5.74) is 2.32. The topological polar surface area (TPSA) is 66.8 Å². The van der Waals surface area contributed by atoms with Crippen LogP contribution in [0.15, 0.2) is 54.6 Å². The molecule has 0 fully saturated rings. The lowest BCUT2D eigenvalue weighted by molar-refractivity contribution is -0.142. The lowest BCUT2D eigenvalue weighted by Gasteiger charge is -2.28. The summed E-state index contributed by atoms with van der Waals surface area (Å²) in [5, 5.41) is 9.54. The van der Waals surface area contributed by atoms with Crippen LogP contribution in [0.4, 0.5) is 4.79 Å². The number of likely N-dealkylation sites (N-methyl/N-ethyl adjacent to an activating group) is 1. The Kier molecular flexibility index (Phi) is 6.03. The van der Waals surface area contributed by atoms with E-state index in [1.165, 1.54) is 7.05 Å². The van der Waals surface area contributed by atoms with Crippen LogP contribution in [0, 0.1) is 0 Å². The minimum absolute atomic E-state index is 0.208. The fourth-order valence-electron chi connectivity index (χ4n) is 2.54. The normalized spacial score (nSPS) is 12.3. The molecule has 1 atom stereocenters. The van der Waals surface area contributed by atoms with Crippen LogP contribution in [0.5, 0.6) is 0 Å². The van der Waals surface area contributed by atoms with E-state index in [0.717, 1.165) is 21.6 Å². The number of hydrogen-bond donors (Lipinski definition) is 1. The molecule has 0 aliphatic carbocycles. The van der Waals surface area contributed by atoms with E-state index < -0.39 is 23.7 Å². The van der Waals surface area contributed by atoms with Gasteiger partial charge < -0.3 is 9.84 Å². The van der Waals surface area contributed by atoms with Crippen molar-refractivity contribution in [3.8, 4) is 11.1 Å². The van der Waals surface area contributed by atoms with Gasteiger partial charge in [0.15, 0.2) is 0 Å². The van der Waals surface area contributed by atoms with E-state index in [1.54, 1.807) is 20.8 Å². The first kappa shape index (κ1) is 19.5. The molecule has 5 nitrogen and oxygen atoms in total. The monoisotopic (exact) mass is 355 g/mol. The van der Waals surface area contributed by atoms with Crippen molar-refractivity contribution in [1.82, 2.24) is 4.90 Å². The van der Waals surface area contributed by atoms with Crippen molar-refractivity contribution in [1.29, 1.82) is 0 Å². The summed E-state index contributed by atoms with van der Waals surface area (Å²) in [5.74, 6) is -1.06. The number of aliphatic carboxylic acids is 1. The van der Waals surface area contributed by atoms with Crippen LogP contribution in [0.2, 0.25) is 0 Å². The molecule has 26 heavy (non-hydrogen) atoms. The van der Waals surface area contributed by atoms with E-state index in [-0.39, 0.29) is 6.42 Å². The molecular weight excluding hydrogens is 330 g/mol. The lowest BCUT2D eigenvalue weighted by atomic mass is 10.0. The van der Waals surface area contributed by atoms with Crippen LogP contribution in [-0.4, -0.2) is 40.8 Å². The lowest BCUT2D eigenvalue weighted by Crippen LogP contribution is -2.46. The standard InChI is InChI=1S/C21H25NO4/c1-21(2,3)26-20(25)22(4)18(19(23)24)14-15-10-12-17(13-11-15)16-8-6-5-7-9-16/h5-13,18H,14H2,1-4H3,(H,23,24). The third kappa shape index (κ3) is 5.34. The van der Waals surface area contributed by atoms with Crippen molar-refractivity contribution in [2.24, 2.45) is 0 Å². The van der Waals surface area contributed by atoms with Crippen molar-refractivity contribution >= 4 is 12.1 Å². The highest BCUT2D eigenvalue weighted by atomic mass is 16.6. The molecule has 138 valence electrons. The second-order valence-corrected chi connectivity index (χ2v) is 7.21. The Morgan fingerprint density at radius 2 is 1.54 bits per heavy atom. The molecule has 2 rings (SSSR count). The van der Waals surface area contributed by atoms with Crippen LogP contribution in [-0.2, 0) is 16.0 Å². The Morgan fingerprint density at radius 3 is 2.04 bits per heavy atom. The summed E-state index contributed by atoms with van der Waals surface area (Å²) < 4.78 is 5.27. The molecule has 0 heterocycles. The Bertz CT molecular complexity index is 748. The maximum Gasteiger partial charge on any atom is 0.410 e. The maximum absolute atomic E-state index is 12.2. The fourth-order valence-corrected chi connectivity index (χ4v) is 2.54. The predicted octanol–water partition coefficient (Wildman–Crippen LogP) is 4.22. The van der Waals surface area contributed by atoms with Gasteiger partial charge in [0.1, 0.15) is 11.6 Å². The Morgan fingerprint density at radius 1 is 1.00 bits per heavy atom. The highest BCUT2D eigenvalue weighted by Crippen LogP contribution is 2.20. The first-order valence-electron chi connectivity index (χ1n) is 8.50. The fraction of sp³-hybridized carbons (Fsp3) is 0.333. The van der Waals surface area contributed by atoms with Gasteiger partial charge in [-0.3, -0.25) is 4.90 Å². The minimum atomic E-state index is -1.06. The van der Waals surface area contributed by atoms with E-state index in [9.17, 15) is 14.7 Å². The van der Waals surface area contributed by atoms with Crippen LogP contribution in [0.1, 0.15) is 26.3 Å². The molecule has 0 aliphatic heterocycles. The Labute approximate surface area is 154 Å². The molecule has 0 saturated heterocycles. The van der Waals surface area contributed by atoms with Crippen molar-refractivity contribution in [3.63, 3.8) is 0 Å². The molecule has 0 bridgehead atoms. The second-order valence-electron chi connectivity index (χ2n) is 7.21. The second kappa shape index (κ2) is 8.04. The van der Waals surface area contributed by atoms with E-state index in [2.05, 4.69) is 0 Å². The maximum atomic E-state index is 12.2. The van der Waals surface area contributed by atoms with Crippen LogP contribution >= 0.6 is 0 Å². The van der Waals surface area contributed by atoms with Gasteiger partial charge in [0.2, 0.25) is 0 Å². The van der Waals surface area contributed by atoms with Crippen molar-refractivity contribution in [2.75, 3.05) is 7.05 Å². The van der Waals surface area contributed by atoms with Crippen LogP contribution in [0.25, 0.3) is 11.1 Å². The summed E-state index contributed by atoms with van der Waals surface area (Å²) in [4.78, 5) is 25.0. The molecule has 0 radical (unpaired) electrons. The van der Waals surface area contributed by atoms with Gasteiger partial charge in [0, 0.05) is 13.5 Å². The number of hydrogen-bond acceptors (Lipinski definition) is 3. The van der Waals surface area contributed by atoms with Crippen LogP contribution < -0.4 is 0 Å². The molecule has 0 aromatic heterocycles. The quantitative estimate of drug-likeness (QED) is 0.872.